The Balaban J connectivity index is 3.07. The summed E-state index contributed by atoms with van der Waals surface area (Å²) in [6, 6.07) is 0. The van der Waals surface area contributed by atoms with Gasteiger partial charge in [0, 0.05) is 12.1 Å². The molecule has 3 heteroatoms. The zero-order valence-electron chi connectivity index (χ0n) is 13.6. The van der Waals surface area contributed by atoms with E-state index in [0.717, 1.165) is 12.0 Å². The summed E-state index contributed by atoms with van der Waals surface area (Å²) in [6.07, 6.45) is 6.46. The molecule has 0 fully saturated rings. The van der Waals surface area contributed by atoms with Gasteiger partial charge in [0.25, 0.3) is 0 Å². The molecule has 0 aromatic rings. The lowest BCUT2D eigenvalue weighted by Gasteiger charge is -2.43. The molecule has 20 heavy (non-hydrogen) atoms. The van der Waals surface area contributed by atoms with Crippen LogP contribution in [-0.4, -0.2) is 28.7 Å². The lowest BCUT2D eigenvalue weighted by atomic mass is 9.85. The van der Waals surface area contributed by atoms with Gasteiger partial charge in [-0.1, -0.05) is 24.8 Å². The van der Waals surface area contributed by atoms with E-state index >= 15 is 0 Å². The Morgan fingerprint density at radius 1 is 1.35 bits per heavy atom. The Labute approximate surface area is 123 Å². The normalized spacial score (nSPS) is 19.4. The minimum absolute atomic E-state index is 0.257. The molecule has 1 aliphatic rings. The maximum absolute atomic E-state index is 12.4. The second-order valence-electron chi connectivity index (χ2n) is 6.81. The molecule has 0 aliphatic carbocycles. The van der Waals surface area contributed by atoms with E-state index in [9.17, 15) is 4.79 Å². The zero-order chi connectivity index (χ0) is 15.6. The molecule has 0 aromatic heterocycles. The SMILES string of the molecule is C=CC1=C(/C=C\C)CN(C(=O)OC(C)(C)C)C(C)(C)C1. The van der Waals surface area contributed by atoms with E-state index < -0.39 is 5.60 Å². The number of hydrogen-bond acceptors (Lipinski definition) is 2. The molecule has 0 N–H and O–H groups in total. The molecule has 0 atom stereocenters. The molecule has 0 bridgehead atoms. The predicted octanol–water partition coefficient (Wildman–Crippen LogP) is 4.46. The number of allylic oxidation sites excluding steroid dienone is 2. The summed E-state index contributed by atoms with van der Waals surface area (Å²) in [5.41, 5.74) is 1.59. The van der Waals surface area contributed by atoms with Crippen LogP contribution in [0.2, 0.25) is 0 Å². The van der Waals surface area contributed by atoms with Crippen molar-refractivity contribution in [3.63, 3.8) is 0 Å². The summed E-state index contributed by atoms with van der Waals surface area (Å²) in [6.45, 7) is 16.2. The summed E-state index contributed by atoms with van der Waals surface area (Å²) in [5.74, 6) is 0. The first-order valence-electron chi connectivity index (χ1n) is 7.08. The highest BCUT2D eigenvalue weighted by atomic mass is 16.6. The minimum Gasteiger partial charge on any atom is -0.444 e. The zero-order valence-corrected chi connectivity index (χ0v) is 13.6. The molecule has 1 heterocycles. The fourth-order valence-electron chi connectivity index (χ4n) is 2.35. The summed E-state index contributed by atoms with van der Waals surface area (Å²) >= 11 is 0. The first-order chi connectivity index (χ1) is 9.10. The van der Waals surface area contributed by atoms with Crippen LogP contribution in [0.1, 0.15) is 48.0 Å². The topological polar surface area (TPSA) is 29.5 Å². The molecule has 1 amide bonds. The summed E-state index contributed by atoms with van der Waals surface area (Å²) < 4.78 is 5.52. The van der Waals surface area contributed by atoms with Gasteiger partial charge < -0.3 is 4.74 Å². The molecular weight excluding hydrogens is 250 g/mol. The molecule has 0 unspecified atom stereocenters. The van der Waals surface area contributed by atoms with Crippen molar-refractivity contribution < 1.29 is 9.53 Å². The number of hydrogen-bond donors (Lipinski definition) is 0. The van der Waals surface area contributed by atoms with E-state index in [1.807, 2.05) is 45.9 Å². The highest BCUT2D eigenvalue weighted by Gasteiger charge is 2.38. The van der Waals surface area contributed by atoms with Gasteiger partial charge in [0.2, 0.25) is 0 Å². The van der Waals surface area contributed by atoms with Crippen LogP contribution in [-0.2, 0) is 4.74 Å². The first kappa shape index (κ1) is 16.5. The van der Waals surface area contributed by atoms with Gasteiger partial charge in [0.15, 0.2) is 0 Å². The number of nitrogens with zero attached hydrogens (tertiary/aromatic N) is 1. The van der Waals surface area contributed by atoms with Crippen LogP contribution < -0.4 is 0 Å². The fourth-order valence-corrected chi connectivity index (χ4v) is 2.35. The highest BCUT2D eigenvalue weighted by molar-refractivity contribution is 5.70. The molecule has 0 aromatic carbocycles. The Hall–Kier alpha value is -1.51. The van der Waals surface area contributed by atoms with Crippen LogP contribution in [0.15, 0.2) is 36.0 Å². The van der Waals surface area contributed by atoms with Crippen LogP contribution in [0, 0.1) is 0 Å². The Bertz CT molecular complexity index is 450. The number of rotatable bonds is 2. The Morgan fingerprint density at radius 3 is 2.40 bits per heavy atom. The molecule has 1 rings (SSSR count). The monoisotopic (exact) mass is 277 g/mol. The van der Waals surface area contributed by atoms with Crippen molar-refractivity contribution >= 4 is 6.09 Å². The summed E-state index contributed by atoms with van der Waals surface area (Å²) in [4.78, 5) is 14.2. The van der Waals surface area contributed by atoms with Crippen molar-refractivity contribution in [3.05, 3.63) is 36.0 Å². The quantitative estimate of drug-likeness (QED) is 0.745. The van der Waals surface area contributed by atoms with Crippen LogP contribution in [0.4, 0.5) is 4.79 Å². The largest absolute Gasteiger partial charge is 0.444 e. The van der Waals surface area contributed by atoms with Crippen LogP contribution in [0.25, 0.3) is 0 Å². The summed E-state index contributed by atoms with van der Waals surface area (Å²) in [7, 11) is 0. The van der Waals surface area contributed by atoms with Gasteiger partial charge in [0.05, 0.1) is 0 Å². The Morgan fingerprint density at radius 2 is 1.95 bits per heavy atom. The van der Waals surface area contributed by atoms with Crippen molar-refractivity contribution in [1.29, 1.82) is 0 Å². The maximum Gasteiger partial charge on any atom is 0.411 e. The van der Waals surface area contributed by atoms with E-state index in [-0.39, 0.29) is 11.6 Å². The smallest absolute Gasteiger partial charge is 0.411 e. The first-order valence-corrected chi connectivity index (χ1v) is 7.08. The molecular formula is C17H27NO2. The van der Waals surface area contributed by atoms with Gasteiger partial charge in [-0.3, -0.25) is 4.90 Å². The van der Waals surface area contributed by atoms with E-state index in [4.69, 9.17) is 4.74 Å². The lowest BCUT2D eigenvalue weighted by molar-refractivity contribution is 0.00420. The number of carbonyl (C=O) groups excluding carboxylic acids is 1. The average Bonchev–Trinajstić information content (AvgIpc) is 2.28. The maximum atomic E-state index is 12.4. The van der Waals surface area contributed by atoms with E-state index in [1.165, 1.54) is 5.57 Å². The molecule has 0 saturated heterocycles. The van der Waals surface area contributed by atoms with Gasteiger partial charge in [0.1, 0.15) is 5.60 Å². The van der Waals surface area contributed by atoms with Crippen LogP contribution in [0.5, 0.6) is 0 Å². The van der Waals surface area contributed by atoms with Crippen molar-refractivity contribution in [2.45, 2.75) is 59.1 Å². The molecule has 3 nitrogen and oxygen atoms in total. The van der Waals surface area contributed by atoms with Gasteiger partial charge in [-0.15, -0.1) is 0 Å². The van der Waals surface area contributed by atoms with Gasteiger partial charge in [-0.05, 0) is 59.1 Å². The van der Waals surface area contributed by atoms with Gasteiger partial charge in [-0.25, -0.2) is 4.79 Å². The molecule has 0 spiro atoms. The molecule has 1 aliphatic heterocycles. The van der Waals surface area contributed by atoms with Crippen molar-refractivity contribution in [3.8, 4) is 0 Å². The lowest BCUT2D eigenvalue weighted by Crippen LogP contribution is -2.52. The molecule has 0 saturated carbocycles. The third kappa shape index (κ3) is 3.99. The fraction of sp³-hybridized carbons (Fsp3) is 0.588. The second kappa shape index (κ2) is 5.86. The number of ether oxygens (including phenoxy) is 1. The molecule has 0 radical (unpaired) electrons. The van der Waals surface area contributed by atoms with Gasteiger partial charge >= 0.3 is 6.09 Å². The number of amides is 1. The minimum atomic E-state index is -0.476. The van der Waals surface area contributed by atoms with Crippen LogP contribution >= 0.6 is 0 Å². The van der Waals surface area contributed by atoms with Gasteiger partial charge in [-0.2, -0.15) is 0 Å². The van der Waals surface area contributed by atoms with Crippen molar-refractivity contribution in [2.75, 3.05) is 6.54 Å². The average molecular weight is 277 g/mol. The van der Waals surface area contributed by atoms with E-state index in [0.29, 0.717) is 6.54 Å². The molecule has 112 valence electrons. The van der Waals surface area contributed by atoms with E-state index in [2.05, 4.69) is 20.4 Å². The third-order valence-corrected chi connectivity index (χ3v) is 3.32. The highest BCUT2D eigenvalue weighted by Crippen LogP contribution is 2.33. The third-order valence-electron chi connectivity index (χ3n) is 3.32. The predicted molar refractivity (Wildman–Crippen MR) is 83.7 cm³/mol. The van der Waals surface area contributed by atoms with Crippen molar-refractivity contribution in [1.82, 2.24) is 4.90 Å². The van der Waals surface area contributed by atoms with Crippen molar-refractivity contribution in [2.24, 2.45) is 0 Å². The Kier molecular flexibility index (Phi) is 4.85. The second-order valence-corrected chi connectivity index (χ2v) is 6.81. The number of carbonyl (C=O) groups is 1. The van der Waals surface area contributed by atoms with E-state index in [1.54, 1.807) is 4.90 Å². The summed E-state index contributed by atoms with van der Waals surface area (Å²) in [5, 5.41) is 0. The van der Waals surface area contributed by atoms with Crippen LogP contribution in [0.3, 0.4) is 0 Å². The standard InChI is InChI=1S/C17H27NO2/c1-8-10-14-12-18(15(19)20-16(3,4)5)17(6,7)11-13(14)9-2/h8-10H,2,11-12H2,1,3-7H3/b10-8-.